The van der Waals surface area contributed by atoms with Crippen molar-refractivity contribution in [1.82, 2.24) is 5.32 Å². The molecule has 2 aromatic carbocycles. The highest BCUT2D eigenvalue weighted by Crippen LogP contribution is 2.15. The maximum atomic E-state index is 13.4. The fraction of sp³-hybridized carbons (Fsp3) is 0.0714. The van der Waals surface area contributed by atoms with E-state index in [1.165, 1.54) is 6.07 Å². The Morgan fingerprint density at radius 1 is 1.05 bits per heavy atom. The molecule has 0 aliphatic heterocycles. The first-order valence-electron chi connectivity index (χ1n) is 5.64. The summed E-state index contributed by atoms with van der Waals surface area (Å²) >= 11 is 5.67. The zero-order chi connectivity index (χ0) is 14.7. The summed E-state index contributed by atoms with van der Waals surface area (Å²) in [7, 11) is 0. The second kappa shape index (κ2) is 5.96. The summed E-state index contributed by atoms with van der Waals surface area (Å²) < 4.78 is 39.7. The zero-order valence-electron chi connectivity index (χ0n) is 10.1. The van der Waals surface area contributed by atoms with Gasteiger partial charge in [0.25, 0.3) is 5.91 Å². The molecule has 0 heterocycles. The molecule has 0 fully saturated rings. The monoisotopic (exact) mass is 299 g/mol. The van der Waals surface area contributed by atoms with Gasteiger partial charge in [-0.3, -0.25) is 4.79 Å². The Labute approximate surface area is 118 Å². The van der Waals surface area contributed by atoms with Crippen molar-refractivity contribution in [3.8, 4) is 0 Å². The van der Waals surface area contributed by atoms with Crippen LogP contribution in [0.15, 0.2) is 36.4 Å². The third-order valence-electron chi connectivity index (χ3n) is 2.62. The van der Waals surface area contributed by atoms with Crippen LogP contribution in [-0.4, -0.2) is 5.91 Å². The third kappa shape index (κ3) is 3.30. The number of hydrogen-bond acceptors (Lipinski definition) is 1. The molecule has 0 atom stereocenters. The largest absolute Gasteiger partial charge is 0.348 e. The molecule has 2 rings (SSSR count). The Morgan fingerprint density at radius 2 is 1.75 bits per heavy atom. The minimum Gasteiger partial charge on any atom is -0.348 e. The maximum absolute atomic E-state index is 13.4. The van der Waals surface area contributed by atoms with Crippen molar-refractivity contribution < 1.29 is 18.0 Å². The summed E-state index contributed by atoms with van der Waals surface area (Å²) in [6.07, 6.45) is 0. The van der Waals surface area contributed by atoms with Crippen molar-refractivity contribution in [3.63, 3.8) is 0 Å². The van der Waals surface area contributed by atoms with Gasteiger partial charge in [-0.1, -0.05) is 11.6 Å². The second-order valence-corrected chi connectivity index (χ2v) is 4.48. The van der Waals surface area contributed by atoms with E-state index in [9.17, 15) is 18.0 Å². The highest BCUT2D eigenvalue weighted by atomic mass is 35.5. The van der Waals surface area contributed by atoms with Crippen LogP contribution in [0.4, 0.5) is 13.2 Å². The Kier molecular flexibility index (Phi) is 4.29. The van der Waals surface area contributed by atoms with Gasteiger partial charge in [-0.05, 0) is 36.4 Å². The van der Waals surface area contributed by atoms with Crippen LogP contribution < -0.4 is 5.32 Å². The van der Waals surface area contributed by atoms with Crippen LogP contribution in [0.1, 0.15) is 15.9 Å². The summed E-state index contributed by atoms with van der Waals surface area (Å²) in [5.41, 5.74) is -0.282. The topological polar surface area (TPSA) is 29.1 Å². The van der Waals surface area contributed by atoms with Gasteiger partial charge in [0.2, 0.25) is 0 Å². The van der Waals surface area contributed by atoms with Crippen LogP contribution in [0.3, 0.4) is 0 Å². The first kappa shape index (κ1) is 14.4. The lowest BCUT2D eigenvalue weighted by Crippen LogP contribution is -2.24. The molecule has 6 heteroatoms. The standard InChI is InChI=1S/C14H9ClF3NO/c15-9-1-3-13(18)11(6-9)14(20)19-7-8-5-10(16)2-4-12(8)17/h1-6H,7H2,(H,19,20). The minimum atomic E-state index is -0.756. The highest BCUT2D eigenvalue weighted by Gasteiger charge is 2.13. The molecule has 0 saturated carbocycles. The van der Waals surface area contributed by atoms with Crippen molar-refractivity contribution in [2.24, 2.45) is 0 Å². The van der Waals surface area contributed by atoms with Gasteiger partial charge in [-0.2, -0.15) is 0 Å². The third-order valence-corrected chi connectivity index (χ3v) is 2.86. The average Bonchev–Trinajstić information content (AvgIpc) is 2.42. The first-order chi connectivity index (χ1) is 9.47. The molecule has 0 spiro atoms. The van der Waals surface area contributed by atoms with Gasteiger partial charge in [0, 0.05) is 17.1 Å². The summed E-state index contributed by atoms with van der Waals surface area (Å²) in [4.78, 5) is 11.8. The number of nitrogens with one attached hydrogen (secondary N) is 1. The lowest BCUT2D eigenvalue weighted by atomic mass is 10.1. The molecule has 0 radical (unpaired) electrons. The average molecular weight is 300 g/mol. The van der Waals surface area contributed by atoms with Crippen LogP contribution in [-0.2, 0) is 6.54 Å². The number of carbonyl (C=O) groups is 1. The van der Waals surface area contributed by atoms with E-state index in [2.05, 4.69) is 5.32 Å². The molecular weight excluding hydrogens is 291 g/mol. The van der Waals surface area contributed by atoms with E-state index >= 15 is 0 Å². The van der Waals surface area contributed by atoms with Crippen molar-refractivity contribution in [2.75, 3.05) is 0 Å². The van der Waals surface area contributed by atoms with Crippen LogP contribution in [0.25, 0.3) is 0 Å². The molecule has 1 amide bonds. The van der Waals surface area contributed by atoms with Crippen LogP contribution in [0.2, 0.25) is 5.02 Å². The molecule has 0 saturated heterocycles. The Balaban J connectivity index is 2.12. The second-order valence-electron chi connectivity index (χ2n) is 4.04. The lowest BCUT2D eigenvalue weighted by molar-refractivity contribution is 0.0946. The number of hydrogen-bond donors (Lipinski definition) is 1. The van der Waals surface area contributed by atoms with Gasteiger partial charge in [-0.15, -0.1) is 0 Å². The number of amides is 1. The lowest BCUT2D eigenvalue weighted by Gasteiger charge is -2.07. The number of carbonyl (C=O) groups excluding carboxylic acids is 1. The number of rotatable bonds is 3. The van der Waals surface area contributed by atoms with Gasteiger partial charge in [-0.25, -0.2) is 13.2 Å². The molecule has 0 bridgehead atoms. The molecule has 0 aromatic heterocycles. The van der Waals surface area contributed by atoms with Gasteiger partial charge in [0.15, 0.2) is 0 Å². The fourth-order valence-electron chi connectivity index (χ4n) is 1.62. The van der Waals surface area contributed by atoms with Gasteiger partial charge in [0.05, 0.1) is 5.56 Å². The van der Waals surface area contributed by atoms with Crippen LogP contribution in [0, 0.1) is 17.5 Å². The first-order valence-corrected chi connectivity index (χ1v) is 6.02. The van der Waals surface area contributed by atoms with Gasteiger partial charge >= 0.3 is 0 Å². The summed E-state index contributed by atoms with van der Waals surface area (Å²) in [5, 5.41) is 2.51. The van der Waals surface area contributed by atoms with Gasteiger partial charge in [0.1, 0.15) is 17.5 Å². The molecule has 2 aromatic rings. The normalized spacial score (nSPS) is 10.4. The van der Waals surface area contributed by atoms with Crippen molar-refractivity contribution >= 4 is 17.5 Å². The Bertz CT molecular complexity index is 661. The fourth-order valence-corrected chi connectivity index (χ4v) is 1.79. The minimum absolute atomic E-state index is 0.0270. The quantitative estimate of drug-likeness (QED) is 0.920. The molecule has 0 aliphatic carbocycles. The van der Waals surface area contributed by atoms with E-state index in [0.29, 0.717) is 0 Å². The van der Waals surface area contributed by atoms with Crippen LogP contribution in [0.5, 0.6) is 0 Å². The number of benzene rings is 2. The molecule has 104 valence electrons. The zero-order valence-corrected chi connectivity index (χ0v) is 10.8. The molecule has 20 heavy (non-hydrogen) atoms. The van der Waals surface area contributed by atoms with Crippen molar-refractivity contribution in [2.45, 2.75) is 6.54 Å². The molecule has 2 nitrogen and oxygen atoms in total. The number of halogens is 4. The molecule has 1 N–H and O–H groups in total. The van der Waals surface area contributed by atoms with Crippen molar-refractivity contribution in [3.05, 3.63) is 70.0 Å². The summed E-state index contributed by atoms with van der Waals surface area (Å²) in [5.74, 6) is -2.77. The predicted molar refractivity (Wildman–Crippen MR) is 68.9 cm³/mol. The molecular formula is C14H9ClF3NO. The Hall–Kier alpha value is -2.01. The van der Waals surface area contributed by atoms with Crippen LogP contribution >= 0.6 is 11.6 Å². The van der Waals surface area contributed by atoms with E-state index in [0.717, 1.165) is 30.3 Å². The summed E-state index contributed by atoms with van der Waals surface area (Å²) in [6, 6.07) is 6.41. The highest BCUT2D eigenvalue weighted by molar-refractivity contribution is 6.30. The van der Waals surface area contributed by atoms with Gasteiger partial charge < -0.3 is 5.32 Å². The van der Waals surface area contributed by atoms with E-state index < -0.39 is 23.4 Å². The summed E-state index contributed by atoms with van der Waals surface area (Å²) in [6.45, 7) is -0.256. The van der Waals surface area contributed by atoms with Crippen molar-refractivity contribution in [1.29, 1.82) is 0 Å². The maximum Gasteiger partial charge on any atom is 0.254 e. The smallest absolute Gasteiger partial charge is 0.254 e. The molecule has 0 aliphatic rings. The SMILES string of the molecule is O=C(NCc1cc(F)ccc1F)c1cc(Cl)ccc1F. The van der Waals surface area contributed by atoms with E-state index in [1.54, 1.807) is 0 Å². The molecule has 0 unspecified atom stereocenters. The van der Waals surface area contributed by atoms with E-state index in [1.807, 2.05) is 0 Å². The van der Waals surface area contributed by atoms with E-state index in [4.69, 9.17) is 11.6 Å². The Morgan fingerprint density at radius 3 is 2.50 bits per heavy atom. The predicted octanol–water partition coefficient (Wildman–Crippen LogP) is 3.69. The van der Waals surface area contributed by atoms with E-state index in [-0.39, 0.29) is 22.7 Å².